The highest BCUT2D eigenvalue weighted by Gasteiger charge is 1.95. The van der Waals surface area contributed by atoms with Crippen LogP contribution in [0.15, 0.2) is 28.9 Å². The minimum absolute atomic E-state index is 0.347. The van der Waals surface area contributed by atoms with E-state index < -0.39 is 0 Å². The molecule has 0 bridgehead atoms. The Kier molecular flexibility index (Phi) is 1.89. The van der Waals surface area contributed by atoms with E-state index in [1.54, 1.807) is 12.1 Å². The molecule has 0 aliphatic rings. The molecule has 0 saturated heterocycles. The summed E-state index contributed by atoms with van der Waals surface area (Å²) < 4.78 is 4.90. The lowest BCUT2D eigenvalue weighted by Gasteiger charge is -1.90. The van der Waals surface area contributed by atoms with Crippen molar-refractivity contribution in [3.63, 3.8) is 0 Å². The zero-order valence-electron chi connectivity index (χ0n) is 5.28. The smallest absolute Gasteiger partial charge is 0.149 e. The minimum Gasteiger partial charge on any atom is -0.463 e. The lowest BCUT2D eigenvalue weighted by Crippen LogP contribution is -1.93. The van der Waals surface area contributed by atoms with Crippen LogP contribution in [0.3, 0.4) is 0 Å². The number of carbonyl (C=O) groups excluding carboxylic acids is 1. The highest BCUT2D eigenvalue weighted by molar-refractivity contribution is 5.78. The molecule has 1 aromatic heterocycles. The van der Waals surface area contributed by atoms with Gasteiger partial charge in [0, 0.05) is 6.08 Å². The average Bonchev–Trinajstić information content (AvgIpc) is 2.38. The lowest BCUT2D eigenvalue weighted by atomic mass is 10.3. The van der Waals surface area contributed by atoms with E-state index in [4.69, 9.17) is 10.2 Å². The molecule has 1 aromatic rings. The molecule has 0 amide bonds. The van der Waals surface area contributed by atoms with E-state index in [-0.39, 0.29) is 0 Å². The highest BCUT2D eigenvalue weighted by Crippen LogP contribution is 2.07. The third kappa shape index (κ3) is 1.25. The van der Waals surface area contributed by atoms with Gasteiger partial charge in [0.1, 0.15) is 12.0 Å². The van der Waals surface area contributed by atoms with Crippen LogP contribution in [0.5, 0.6) is 0 Å². The molecule has 0 aromatic carbocycles. The van der Waals surface area contributed by atoms with Crippen molar-refractivity contribution in [1.82, 2.24) is 0 Å². The predicted octanol–water partition coefficient (Wildman–Crippen LogP) is 0.778. The molecule has 1 heterocycles. The Morgan fingerprint density at radius 1 is 1.70 bits per heavy atom. The van der Waals surface area contributed by atoms with Crippen molar-refractivity contribution < 1.29 is 9.21 Å². The summed E-state index contributed by atoms with van der Waals surface area (Å²) in [6.45, 7) is 0. The van der Waals surface area contributed by atoms with Gasteiger partial charge in [0.25, 0.3) is 0 Å². The van der Waals surface area contributed by atoms with E-state index in [9.17, 15) is 4.79 Å². The molecule has 3 nitrogen and oxygen atoms in total. The van der Waals surface area contributed by atoms with Crippen molar-refractivity contribution in [2.75, 3.05) is 0 Å². The van der Waals surface area contributed by atoms with E-state index in [1.807, 2.05) is 0 Å². The van der Waals surface area contributed by atoms with E-state index >= 15 is 0 Å². The van der Waals surface area contributed by atoms with Gasteiger partial charge in [-0.25, -0.2) is 0 Å². The molecule has 0 radical (unpaired) electrons. The molecule has 52 valence electrons. The first-order valence-electron chi connectivity index (χ1n) is 2.79. The standard InChI is InChI=1S/C7H7NO2/c8-6(3-4-9)7-2-1-5-10-7/h1-5H,8H2/b6-3-. The molecule has 0 fully saturated rings. The van der Waals surface area contributed by atoms with Gasteiger partial charge < -0.3 is 10.2 Å². The van der Waals surface area contributed by atoms with Gasteiger partial charge in [-0.05, 0) is 12.1 Å². The van der Waals surface area contributed by atoms with Gasteiger partial charge in [0.15, 0.2) is 0 Å². The van der Waals surface area contributed by atoms with Gasteiger partial charge in [-0.15, -0.1) is 0 Å². The summed E-state index contributed by atoms with van der Waals surface area (Å²) in [6.07, 6.45) is 3.37. The third-order valence-corrected chi connectivity index (χ3v) is 1.05. The van der Waals surface area contributed by atoms with Crippen LogP contribution in [0.1, 0.15) is 5.76 Å². The normalized spacial score (nSPS) is 11.4. The molecule has 3 heteroatoms. The summed E-state index contributed by atoms with van der Waals surface area (Å²) >= 11 is 0. The molecule has 2 N–H and O–H groups in total. The maximum absolute atomic E-state index is 9.91. The van der Waals surface area contributed by atoms with Crippen molar-refractivity contribution in [1.29, 1.82) is 0 Å². The van der Waals surface area contributed by atoms with Gasteiger partial charge in [0.05, 0.1) is 12.0 Å². The summed E-state index contributed by atoms with van der Waals surface area (Å²) in [5.74, 6) is 0.520. The van der Waals surface area contributed by atoms with Gasteiger partial charge in [-0.2, -0.15) is 0 Å². The largest absolute Gasteiger partial charge is 0.463 e. The zero-order valence-corrected chi connectivity index (χ0v) is 5.28. The number of rotatable bonds is 2. The van der Waals surface area contributed by atoms with Crippen molar-refractivity contribution in [2.45, 2.75) is 0 Å². The first-order chi connectivity index (χ1) is 4.84. The fourth-order valence-electron chi connectivity index (χ4n) is 0.598. The highest BCUT2D eigenvalue weighted by atomic mass is 16.3. The van der Waals surface area contributed by atoms with Crippen molar-refractivity contribution >= 4 is 12.0 Å². The molecule has 0 aliphatic heterocycles. The molecular weight excluding hydrogens is 130 g/mol. The predicted molar refractivity (Wildman–Crippen MR) is 36.9 cm³/mol. The number of nitrogens with two attached hydrogens (primary N) is 1. The Morgan fingerprint density at radius 3 is 3.00 bits per heavy atom. The Labute approximate surface area is 58.1 Å². The molecule has 10 heavy (non-hydrogen) atoms. The third-order valence-electron chi connectivity index (χ3n) is 1.05. The fourth-order valence-corrected chi connectivity index (χ4v) is 0.598. The van der Waals surface area contributed by atoms with Crippen LogP contribution in [-0.4, -0.2) is 6.29 Å². The van der Waals surface area contributed by atoms with Gasteiger partial charge >= 0.3 is 0 Å². The topological polar surface area (TPSA) is 56.2 Å². The quantitative estimate of drug-likeness (QED) is 0.484. The Bertz CT molecular complexity index is 236. The molecule has 0 unspecified atom stereocenters. The summed E-state index contributed by atoms with van der Waals surface area (Å²) in [5.41, 5.74) is 5.73. The van der Waals surface area contributed by atoms with Crippen LogP contribution in [0.25, 0.3) is 5.70 Å². The lowest BCUT2D eigenvalue weighted by molar-refractivity contribution is -0.104. The minimum atomic E-state index is 0.347. The maximum Gasteiger partial charge on any atom is 0.149 e. The number of carbonyl (C=O) groups is 1. The van der Waals surface area contributed by atoms with E-state index in [2.05, 4.69) is 0 Å². The maximum atomic E-state index is 9.91. The fraction of sp³-hybridized carbons (Fsp3) is 0. The van der Waals surface area contributed by atoms with Crippen LogP contribution in [0.2, 0.25) is 0 Å². The van der Waals surface area contributed by atoms with Crippen molar-refractivity contribution in [3.8, 4) is 0 Å². The summed E-state index contributed by atoms with van der Waals surface area (Å²) in [7, 11) is 0. The van der Waals surface area contributed by atoms with E-state index in [0.29, 0.717) is 17.7 Å². The number of allylic oxidation sites excluding steroid dienone is 1. The number of aldehydes is 1. The van der Waals surface area contributed by atoms with Crippen LogP contribution in [0, 0.1) is 0 Å². The Balaban J connectivity index is 2.86. The molecule has 0 aliphatic carbocycles. The molecule has 0 saturated carbocycles. The number of hydrogen-bond acceptors (Lipinski definition) is 3. The Morgan fingerprint density at radius 2 is 2.50 bits per heavy atom. The molecular formula is C7H7NO2. The SMILES string of the molecule is N/C(=C\C=O)c1ccco1. The Hall–Kier alpha value is -1.51. The van der Waals surface area contributed by atoms with Crippen LogP contribution >= 0.6 is 0 Å². The first-order valence-corrected chi connectivity index (χ1v) is 2.79. The molecule has 1 rings (SSSR count). The second kappa shape index (κ2) is 2.87. The zero-order chi connectivity index (χ0) is 7.40. The molecule has 0 spiro atoms. The van der Waals surface area contributed by atoms with Crippen molar-refractivity contribution in [3.05, 3.63) is 30.2 Å². The van der Waals surface area contributed by atoms with Gasteiger partial charge in [0.2, 0.25) is 0 Å². The monoisotopic (exact) mass is 137 g/mol. The molecule has 0 atom stereocenters. The number of hydrogen-bond donors (Lipinski definition) is 1. The van der Waals surface area contributed by atoms with Crippen LogP contribution in [-0.2, 0) is 4.79 Å². The summed E-state index contributed by atoms with van der Waals surface area (Å²) in [4.78, 5) is 9.91. The van der Waals surface area contributed by atoms with Crippen LogP contribution < -0.4 is 5.73 Å². The number of furan rings is 1. The van der Waals surface area contributed by atoms with Gasteiger partial charge in [-0.1, -0.05) is 0 Å². The van der Waals surface area contributed by atoms with Crippen LogP contribution in [0.4, 0.5) is 0 Å². The van der Waals surface area contributed by atoms with Gasteiger partial charge in [-0.3, -0.25) is 4.79 Å². The second-order valence-corrected chi connectivity index (χ2v) is 1.74. The second-order valence-electron chi connectivity index (χ2n) is 1.74. The summed E-state index contributed by atoms with van der Waals surface area (Å²) in [6, 6.07) is 3.40. The van der Waals surface area contributed by atoms with E-state index in [0.717, 1.165) is 0 Å². The average molecular weight is 137 g/mol. The first kappa shape index (κ1) is 6.61. The van der Waals surface area contributed by atoms with Crippen molar-refractivity contribution in [2.24, 2.45) is 5.73 Å². The van der Waals surface area contributed by atoms with E-state index in [1.165, 1.54) is 12.3 Å². The summed E-state index contributed by atoms with van der Waals surface area (Å²) in [5, 5.41) is 0.